The van der Waals surface area contributed by atoms with Gasteiger partial charge in [-0.3, -0.25) is 9.59 Å². The van der Waals surface area contributed by atoms with Crippen LogP contribution in [0.5, 0.6) is 0 Å². The highest BCUT2D eigenvalue weighted by Gasteiger charge is 2.18. The number of hydrogen-bond acceptors (Lipinski definition) is 5. The first kappa shape index (κ1) is 21.0. The molecular formula is C22H26N4O2S. The number of aromatic nitrogens is 2. The molecule has 0 aliphatic heterocycles. The Hall–Kier alpha value is -2.77. The van der Waals surface area contributed by atoms with Crippen molar-refractivity contribution in [3.63, 3.8) is 0 Å². The van der Waals surface area contributed by atoms with Crippen molar-refractivity contribution in [1.82, 2.24) is 14.5 Å². The molecule has 1 unspecified atom stereocenters. The van der Waals surface area contributed by atoms with E-state index in [4.69, 9.17) is 0 Å². The van der Waals surface area contributed by atoms with Crippen LogP contribution in [0.4, 0.5) is 5.69 Å². The van der Waals surface area contributed by atoms with E-state index in [-0.39, 0.29) is 17.2 Å². The second-order valence-electron chi connectivity index (χ2n) is 7.48. The average molecular weight is 411 g/mol. The number of carbonyl (C=O) groups is 1. The lowest BCUT2D eigenvalue weighted by atomic mass is 10.1. The summed E-state index contributed by atoms with van der Waals surface area (Å²) in [4.78, 5) is 32.3. The van der Waals surface area contributed by atoms with Crippen LogP contribution in [0.1, 0.15) is 33.9 Å². The first-order valence-electron chi connectivity index (χ1n) is 9.46. The summed E-state index contributed by atoms with van der Waals surface area (Å²) in [6, 6.07) is 9.26. The van der Waals surface area contributed by atoms with Gasteiger partial charge in [0.1, 0.15) is 5.56 Å². The maximum atomic E-state index is 13.0. The summed E-state index contributed by atoms with van der Waals surface area (Å²) < 4.78 is 1.62. The van der Waals surface area contributed by atoms with E-state index in [1.807, 2.05) is 68.6 Å². The fourth-order valence-corrected chi connectivity index (χ4v) is 3.92. The number of carbonyl (C=O) groups excluding carboxylic acids is 1. The van der Waals surface area contributed by atoms with E-state index < -0.39 is 5.91 Å². The molecular weight excluding hydrogens is 384 g/mol. The largest absolute Gasteiger partial charge is 0.322 e. The molecule has 1 amide bonds. The van der Waals surface area contributed by atoms with Gasteiger partial charge in [-0.2, -0.15) is 0 Å². The van der Waals surface area contributed by atoms with Crippen LogP contribution in [-0.2, 0) is 0 Å². The van der Waals surface area contributed by atoms with Crippen LogP contribution in [0, 0.1) is 13.8 Å². The van der Waals surface area contributed by atoms with Crippen molar-refractivity contribution in [2.45, 2.75) is 26.8 Å². The van der Waals surface area contributed by atoms with Gasteiger partial charge in [-0.25, -0.2) is 4.98 Å². The summed E-state index contributed by atoms with van der Waals surface area (Å²) in [6.45, 7) is 6.43. The minimum atomic E-state index is -0.392. The molecule has 0 bridgehead atoms. The number of nitrogens with one attached hydrogen (secondary N) is 1. The molecule has 0 fully saturated rings. The molecule has 0 saturated carbocycles. The third-order valence-electron chi connectivity index (χ3n) is 4.72. The van der Waals surface area contributed by atoms with Gasteiger partial charge >= 0.3 is 0 Å². The van der Waals surface area contributed by atoms with Crippen LogP contribution in [0.2, 0.25) is 0 Å². The van der Waals surface area contributed by atoms with Gasteiger partial charge in [0.15, 0.2) is 0 Å². The number of amides is 1. The molecule has 1 N–H and O–H groups in total. The first-order chi connectivity index (χ1) is 13.8. The summed E-state index contributed by atoms with van der Waals surface area (Å²) in [5, 5.41) is 5.87. The van der Waals surface area contributed by atoms with Crippen LogP contribution in [0.3, 0.4) is 0 Å². The normalized spacial score (nSPS) is 12.2. The molecule has 2 aromatic heterocycles. The topological polar surface area (TPSA) is 67.2 Å². The van der Waals surface area contributed by atoms with Crippen molar-refractivity contribution >= 4 is 22.9 Å². The molecule has 0 saturated heterocycles. The zero-order valence-corrected chi connectivity index (χ0v) is 18.2. The maximum Gasteiger partial charge on any atom is 0.263 e. The lowest BCUT2D eigenvalue weighted by molar-refractivity contribution is 0.102. The summed E-state index contributed by atoms with van der Waals surface area (Å²) in [7, 11) is 3.92. The van der Waals surface area contributed by atoms with Gasteiger partial charge < -0.3 is 14.8 Å². The van der Waals surface area contributed by atoms with Gasteiger partial charge in [0.05, 0.1) is 10.7 Å². The van der Waals surface area contributed by atoms with Gasteiger partial charge in [0.25, 0.3) is 11.5 Å². The van der Waals surface area contributed by atoms with Crippen LogP contribution in [0.25, 0.3) is 11.3 Å². The lowest BCUT2D eigenvalue weighted by Gasteiger charge is -2.20. The van der Waals surface area contributed by atoms with Crippen LogP contribution >= 0.6 is 11.3 Å². The third-order valence-corrected chi connectivity index (χ3v) is 5.49. The monoisotopic (exact) mass is 410 g/mol. The SMILES string of the molecule is Cc1nc(-c2ccc(NC(=O)c3c(C)ccn(C(C)CN(C)C)c3=O)cc2)cs1. The second kappa shape index (κ2) is 8.71. The minimum absolute atomic E-state index is 0.0366. The quantitative estimate of drug-likeness (QED) is 0.668. The third kappa shape index (κ3) is 4.81. The average Bonchev–Trinajstić information content (AvgIpc) is 3.08. The molecule has 152 valence electrons. The van der Waals surface area contributed by atoms with Crippen LogP contribution in [0.15, 0.2) is 46.7 Å². The summed E-state index contributed by atoms with van der Waals surface area (Å²) in [6.07, 6.45) is 1.76. The van der Waals surface area contributed by atoms with Crippen LogP contribution in [-0.4, -0.2) is 41.0 Å². The van der Waals surface area contributed by atoms with Crippen LogP contribution < -0.4 is 10.9 Å². The zero-order valence-electron chi connectivity index (χ0n) is 17.4. The van der Waals surface area contributed by atoms with Crippen molar-refractivity contribution in [3.05, 3.63) is 68.4 Å². The fraction of sp³-hybridized carbons (Fsp3) is 0.318. The van der Waals surface area contributed by atoms with E-state index in [1.54, 1.807) is 29.0 Å². The molecule has 0 spiro atoms. The summed E-state index contributed by atoms with van der Waals surface area (Å²) >= 11 is 1.60. The smallest absolute Gasteiger partial charge is 0.263 e. The van der Waals surface area contributed by atoms with Gasteiger partial charge in [0.2, 0.25) is 0 Å². The Bertz CT molecular complexity index is 1070. The Morgan fingerprint density at radius 3 is 2.48 bits per heavy atom. The van der Waals surface area contributed by atoms with E-state index >= 15 is 0 Å². The number of benzene rings is 1. The van der Waals surface area contributed by atoms with E-state index in [1.165, 1.54) is 0 Å². The number of hydrogen-bond donors (Lipinski definition) is 1. The highest BCUT2D eigenvalue weighted by Crippen LogP contribution is 2.23. The Morgan fingerprint density at radius 1 is 1.21 bits per heavy atom. The number of thiazole rings is 1. The van der Waals surface area contributed by atoms with Crippen molar-refractivity contribution < 1.29 is 4.79 Å². The first-order valence-corrected chi connectivity index (χ1v) is 10.3. The number of likely N-dealkylation sites (N-methyl/N-ethyl adjacent to an activating group) is 1. The summed E-state index contributed by atoms with van der Waals surface area (Å²) in [5.74, 6) is -0.392. The van der Waals surface area contributed by atoms with Crippen molar-refractivity contribution in [2.24, 2.45) is 0 Å². The summed E-state index contributed by atoms with van der Waals surface area (Å²) in [5.41, 5.74) is 3.12. The highest BCUT2D eigenvalue weighted by molar-refractivity contribution is 7.09. The van der Waals surface area contributed by atoms with Crippen molar-refractivity contribution in [3.8, 4) is 11.3 Å². The molecule has 2 heterocycles. The molecule has 1 aromatic carbocycles. The lowest BCUT2D eigenvalue weighted by Crippen LogP contribution is -2.34. The van der Waals surface area contributed by atoms with E-state index in [2.05, 4.69) is 10.3 Å². The predicted molar refractivity (Wildman–Crippen MR) is 119 cm³/mol. The number of anilines is 1. The molecule has 0 aliphatic carbocycles. The molecule has 0 aliphatic rings. The number of aryl methyl sites for hydroxylation is 2. The molecule has 29 heavy (non-hydrogen) atoms. The molecule has 7 heteroatoms. The Kier molecular flexibility index (Phi) is 6.30. The van der Waals surface area contributed by atoms with Crippen molar-refractivity contribution in [2.75, 3.05) is 26.0 Å². The molecule has 1 atom stereocenters. The number of nitrogens with zero attached hydrogens (tertiary/aromatic N) is 3. The Balaban J connectivity index is 1.82. The molecule has 3 rings (SSSR count). The van der Waals surface area contributed by atoms with E-state index in [0.29, 0.717) is 17.8 Å². The highest BCUT2D eigenvalue weighted by atomic mass is 32.1. The number of rotatable bonds is 6. The second-order valence-corrected chi connectivity index (χ2v) is 8.54. The van der Waals surface area contributed by atoms with E-state index in [0.717, 1.165) is 16.3 Å². The molecule has 0 radical (unpaired) electrons. The maximum absolute atomic E-state index is 13.0. The van der Waals surface area contributed by atoms with E-state index in [9.17, 15) is 9.59 Å². The Labute approximate surface area is 174 Å². The zero-order chi connectivity index (χ0) is 21.1. The van der Waals surface area contributed by atoms with Gasteiger partial charge in [0, 0.05) is 35.4 Å². The van der Waals surface area contributed by atoms with Gasteiger partial charge in [-0.15, -0.1) is 11.3 Å². The fourth-order valence-electron chi connectivity index (χ4n) is 3.29. The van der Waals surface area contributed by atoms with Crippen molar-refractivity contribution in [1.29, 1.82) is 0 Å². The van der Waals surface area contributed by atoms with Gasteiger partial charge in [-0.05, 0) is 58.6 Å². The van der Waals surface area contributed by atoms with Gasteiger partial charge in [-0.1, -0.05) is 12.1 Å². The predicted octanol–water partition coefficient (Wildman–Crippen LogP) is 3.96. The standard InChI is InChI=1S/C22H26N4O2S/c1-14-10-11-26(15(2)12-25(4)5)22(28)20(14)21(27)24-18-8-6-17(7-9-18)19-13-29-16(3)23-19/h6-11,13,15H,12H2,1-5H3,(H,24,27). The number of pyridine rings is 1. The molecule has 6 nitrogen and oxygen atoms in total. The minimum Gasteiger partial charge on any atom is -0.322 e. The molecule has 3 aromatic rings. The Morgan fingerprint density at radius 2 is 1.90 bits per heavy atom.